The molecule has 0 aliphatic rings. The van der Waals surface area contributed by atoms with E-state index in [0.717, 1.165) is 11.1 Å². The van der Waals surface area contributed by atoms with Gasteiger partial charge in [0.25, 0.3) is 5.56 Å². The van der Waals surface area contributed by atoms with Crippen molar-refractivity contribution in [2.45, 2.75) is 13.8 Å². The molecule has 1 heterocycles. The van der Waals surface area contributed by atoms with E-state index < -0.39 is 0 Å². The Labute approximate surface area is 99.4 Å². The summed E-state index contributed by atoms with van der Waals surface area (Å²) in [5, 5.41) is 9.01. The minimum absolute atomic E-state index is 0.163. The van der Waals surface area contributed by atoms with E-state index in [9.17, 15) is 4.79 Å². The van der Waals surface area contributed by atoms with Gasteiger partial charge in [-0.05, 0) is 36.6 Å². The highest BCUT2D eigenvalue weighted by Gasteiger charge is 2.08. The van der Waals surface area contributed by atoms with Gasteiger partial charge in [0.2, 0.25) is 0 Å². The lowest BCUT2D eigenvalue weighted by Crippen LogP contribution is -2.10. The molecule has 3 nitrogen and oxygen atoms in total. The van der Waals surface area contributed by atoms with Crippen LogP contribution in [-0.4, -0.2) is 4.98 Å². The molecular weight excluding hydrogens is 212 g/mol. The number of aryl methyl sites for hydroxylation is 2. The zero-order valence-corrected chi connectivity index (χ0v) is 9.74. The quantitative estimate of drug-likeness (QED) is 0.809. The maximum atomic E-state index is 11.5. The highest BCUT2D eigenvalue weighted by Crippen LogP contribution is 2.23. The Morgan fingerprint density at radius 2 is 1.94 bits per heavy atom. The number of pyridine rings is 1. The summed E-state index contributed by atoms with van der Waals surface area (Å²) in [6, 6.07) is 9.62. The number of H-pyrrole nitrogens is 1. The first-order valence-electron chi connectivity index (χ1n) is 5.33. The molecule has 1 N–H and O–H groups in total. The highest BCUT2D eigenvalue weighted by atomic mass is 16.1. The fourth-order valence-electron chi connectivity index (χ4n) is 1.74. The van der Waals surface area contributed by atoms with Crippen molar-refractivity contribution in [2.24, 2.45) is 0 Å². The van der Waals surface area contributed by atoms with Crippen molar-refractivity contribution in [3.05, 3.63) is 57.5 Å². The molecule has 0 saturated carbocycles. The molecule has 17 heavy (non-hydrogen) atoms. The second kappa shape index (κ2) is 4.26. The maximum absolute atomic E-state index is 11.5. The van der Waals surface area contributed by atoms with Crippen LogP contribution in [0.4, 0.5) is 0 Å². The van der Waals surface area contributed by atoms with E-state index in [1.54, 1.807) is 12.3 Å². The third kappa shape index (κ3) is 1.98. The van der Waals surface area contributed by atoms with Crippen molar-refractivity contribution in [1.82, 2.24) is 4.98 Å². The Kier molecular flexibility index (Phi) is 2.80. The van der Waals surface area contributed by atoms with Crippen molar-refractivity contribution >= 4 is 0 Å². The van der Waals surface area contributed by atoms with Gasteiger partial charge in [0.05, 0.1) is 0 Å². The Hall–Kier alpha value is -2.34. The van der Waals surface area contributed by atoms with Crippen molar-refractivity contribution in [2.75, 3.05) is 0 Å². The number of nitriles is 1. The van der Waals surface area contributed by atoms with E-state index in [0.29, 0.717) is 5.56 Å². The third-order valence-electron chi connectivity index (χ3n) is 2.89. The van der Waals surface area contributed by atoms with Crippen LogP contribution in [-0.2, 0) is 0 Å². The summed E-state index contributed by atoms with van der Waals surface area (Å²) in [5.74, 6) is 0. The molecule has 0 bridgehead atoms. The van der Waals surface area contributed by atoms with Gasteiger partial charge in [-0.3, -0.25) is 4.79 Å². The van der Waals surface area contributed by atoms with Gasteiger partial charge in [-0.2, -0.15) is 5.26 Å². The average Bonchev–Trinajstić information content (AvgIpc) is 2.32. The van der Waals surface area contributed by atoms with Gasteiger partial charge in [-0.1, -0.05) is 18.2 Å². The summed E-state index contributed by atoms with van der Waals surface area (Å²) in [6.07, 6.45) is 1.56. The Balaban J connectivity index is 2.69. The molecule has 0 atom stereocenters. The Morgan fingerprint density at radius 1 is 1.18 bits per heavy atom. The molecule has 1 aromatic carbocycles. The zero-order chi connectivity index (χ0) is 12.4. The van der Waals surface area contributed by atoms with Crippen LogP contribution >= 0.6 is 0 Å². The Bertz CT molecular complexity index is 663. The molecule has 3 heteroatoms. The fourth-order valence-corrected chi connectivity index (χ4v) is 1.74. The smallest absolute Gasteiger partial charge is 0.266 e. The number of aromatic nitrogens is 1. The number of nitrogens with one attached hydrogen (secondary N) is 1. The molecule has 0 aliphatic carbocycles. The van der Waals surface area contributed by atoms with E-state index in [4.69, 9.17) is 5.26 Å². The predicted molar refractivity (Wildman–Crippen MR) is 66.7 cm³/mol. The van der Waals surface area contributed by atoms with Gasteiger partial charge in [0, 0.05) is 11.8 Å². The van der Waals surface area contributed by atoms with Crippen LogP contribution in [0.2, 0.25) is 0 Å². The molecule has 84 valence electrons. The second-order valence-electron chi connectivity index (χ2n) is 4.01. The first-order valence-corrected chi connectivity index (χ1v) is 5.33. The van der Waals surface area contributed by atoms with Crippen LogP contribution in [0.25, 0.3) is 11.1 Å². The summed E-state index contributed by atoms with van der Waals surface area (Å²) in [7, 11) is 0. The first-order chi connectivity index (χ1) is 8.13. The second-order valence-corrected chi connectivity index (χ2v) is 4.01. The minimum Gasteiger partial charge on any atom is -0.328 e. The fraction of sp³-hybridized carbons (Fsp3) is 0.143. The summed E-state index contributed by atoms with van der Waals surface area (Å²) in [4.78, 5) is 14.0. The van der Waals surface area contributed by atoms with Crippen LogP contribution in [0.1, 0.15) is 16.7 Å². The van der Waals surface area contributed by atoms with Crippen LogP contribution in [0.5, 0.6) is 0 Å². The topological polar surface area (TPSA) is 56.6 Å². The van der Waals surface area contributed by atoms with E-state index in [2.05, 4.69) is 4.98 Å². The lowest BCUT2D eigenvalue weighted by molar-refractivity contribution is 1.21. The van der Waals surface area contributed by atoms with Crippen molar-refractivity contribution in [3.63, 3.8) is 0 Å². The van der Waals surface area contributed by atoms with E-state index in [1.807, 2.05) is 38.1 Å². The number of benzene rings is 1. The normalized spacial score (nSPS) is 9.94. The zero-order valence-electron chi connectivity index (χ0n) is 9.74. The van der Waals surface area contributed by atoms with Crippen molar-refractivity contribution < 1.29 is 0 Å². The number of rotatable bonds is 1. The van der Waals surface area contributed by atoms with E-state index in [-0.39, 0.29) is 11.1 Å². The third-order valence-corrected chi connectivity index (χ3v) is 2.89. The molecule has 0 amide bonds. The molecular formula is C14H12N2O. The molecule has 0 spiro atoms. The molecule has 2 rings (SSSR count). The maximum Gasteiger partial charge on any atom is 0.266 e. The van der Waals surface area contributed by atoms with Gasteiger partial charge in [-0.25, -0.2) is 0 Å². The highest BCUT2D eigenvalue weighted by molar-refractivity contribution is 5.70. The minimum atomic E-state index is -0.344. The number of nitrogens with zero attached hydrogens (tertiary/aromatic N) is 1. The predicted octanol–water partition coefficient (Wildman–Crippen LogP) is 2.53. The molecule has 0 aliphatic heterocycles. The molecule has 0 saturated heterocycles. The molecule has 1 aromatic heterocycles. The largest absolute Gasteiger partial charge is 0.328 e. The SMILES string of the molecule is Cc1ccc(-c2cc[nH]c(=O)c2C#N)cc1C. The number of hydrogen-bond acceptors (Lipinski definition) is 2. The molecule has 0 fully saturated rings. The van der Waals surface area contributed by atoms with Crippen molar-refractivity contribution in [1.29, 1.82) is 5.26 Å². The number of hydrogen-bond donors (Lipinski definition) is 1. The van der Waals surface area contributed by atoms with Crippen molar-refractivity contribution in [3.8, 4) is 17.2 Å². The summed E-state index contributed by atoms with van der Waals surface area (Å²) in [6.45, 7) is 4.04. The molecule has 2 aromatic rings. The van der Waals surface area contributed by atoms with Gasteiger partial charge in [0.1, 0.15) is 11.6 Å². The van der Waals surface area contributed by atoms with Crippen LogP contribution in [0, 0.1) is 25.2 Å². The molecule has 0 unspecified atom stereocenters. The number of aromatic amines is 1. The standard InChI is InChI=1S/C14H12N2O/c1-9-3-4-11(7-10(9)2)12-5-6-16-14(17)13(12)8-15/h3-7H,1-2H3,(H,16,17). The van der Waals surface area contributed by atoms with Gasteiger partial charge < -0.3 is 4.98 Å². The van der Waals surface area contributed by atoms with Gasteiger partial charge in [0.15, 0.2) is 0 Å². The monoisotopic (exact) mass is 224 g/mol. The lowest BCUT2D eigenvalue weighted by Gasteiger charge is -2.06. The van der Waals surface area contributed by atoms with Gasteiger partial charge >= 0.3 is 0 Å². The molecule has 0 radical (unpaired) electrons. The lowest BCUT2D eigenvalue weighted by atomic mass is 9.98. The van der Waals surface area contributed by atoms with Crippen LogP contribution in [0.15, 0.2) is 35.3 Å². The summed E-state index contributed by atoms with van der Waals surface area (Å²) >= 11 is 0. The van der Waals surface area contributed by atoms with E-state index in [1.165, 1.54) is 5.56 Å². The summed E-state index contributed by atoms with van der Waals surface area (Å²) < 4.78 is 0. The van der Waals surface area contributed by atoms with Crippen LogP contribution < -0.4 is 5.56 Å². The average molecular weight is 224 g/mol. The first kappa shape index (κ1) is 11.2. The van der Waals surface area contributed by atoms with E-state index >= 15 is 0 Å². The Morgan fingerprint density at radius 3 is 2.59 bits per heavy atom. The summed E-state index contributed by atoms with van der Waals surface area (Å²) in [5.41, 5.74) is 3.73. The van der Waals surface area contributed by atoms with Crippen LogP contribution in [0.3, 0.4) is 0 Å². The van der Waals surface area contributed by atoms with Gasteiger partial charge in [-0.15, -0.1) is 0 Å².